The fourth-order valence-electron chi connectivity index (χ4n) is 3.58. The van der Waals surface area contributed by atoms with Crippen molar-refractivity contribution >= 4 is 17.6 Å². The van der Waals surface area contributed by atoms with E-state index >= 15 is 0 Å². The molecular weight excluding hydrogens is 504 g/mol. The fourth-order valence-corrected chi connectivity index (χ4v) is 3.58. The summed E-state index contributed by atoms with van der Waals surface area (Å²) in [7, 11) is 0. The van der Waals surface area contributed by atoms with Crippen LogP contribution in [0.3, 0.4) is 0 Å². The maximum Gasteiger partial charge on any atom is 0.434 e. The van der Waals surface area contributed by atoms with Crippen LogP contribution in [0.15, 0.2) is 29.2 Å². The van der Waals surface area contributed by atoms with Gasteiger partial charge in [0, 0.05) is 37.5 Å². The smallest absolute Gasteiger partial charge is 0.351 e. The Morgan fingerprint density at radius 2 is 1.56 bits per heavy atom. The molecule has 0 saturated heterocycles. The summed E-state index contributed by atoms with van der Waals surface area (Å²) in [6.07, 6.45) is -7.72. The van der Waals surface area contributed by atoms with Crippen molar-refractivity contribution in [3.05, 3.63) is 29.9 Å². The zero-order chi connectivity index (χ0) is 26.1. The number of nitrogens with one attached hydrogen (secondary N) is 2. The van der Waals surface area contributed by atoms with Crippen LogP contribution < -0.4 is 10.6 Å². The summed E-state index contributed by atoms with van der Waals surface area (Å²) < 4.78 is 105. The molecule has 0 bridgehead atoms. The van der Waals surface area contributed by atoms with Gasteiger partial charge in [-0.1, -0.05) is 0 Å². The van der Waals surface area contributed by atoms with Crippen LogP contribution in [-0.2, 0) is 6.18 Å². The van der Waals surface area contributed by atoms with Gasteiger partial charge in [0.1, 0.15) is 11.4 Å². The lowest BCUT2D eigenvalue weighted by molar-refractivity contribution is -0.141. The van der Waals surface area contributed by atoms with Crippen LogP contribution in [0, 0.1) is 0 Å². The molecular formula is C20H18F8N8. The monoisotopic (exact) mass is 522 g/mol. The van der Waals surface area contributed by atoms with E-state index in [0.29, 0.717) is 6.20 Å². The third kappa shape index (κ3) is 6.40. The Balaban J connectivity index is 1.66. The van der Waals surface area contributed by atoms with E-state index in [2.05, 4.69) is 40.5 Å². The number of allylic oxidation sites excluding steroid dienone is 1. The third-order valence-corrected chi connectivity index (χ3v) is 5.38. The lowest BCUT2D eigenvalue weighted by Crippen LogP contribution is -2.32. The van der Waals surface area contributed by atoms with E-state index in [4.69, 9.17) is 0 Å². The highest BCUT2D eigenvalue weighted by atomic mass is 19.4. The molecule has 8 nitrogen and oxygen atoms in total. The summed E-state index contributed by atoms with van der Waals surface area (Å²) in [5.41, 5.74) is -2.73. The van der Waals surface area contributed by atoms with Crippen molar-refractivity contribution in [1.82, 2.24) is 24.9 Å². The van der Waals surface area contributed by atoms with E-state index in [-0.39, 0.29) is 67.8 Å². The average molecular weight is 522 g/mol. The molecule has 2 aromatic heterocycles. The van der Waals surface area contributed by atoms with E-state index in [1.807, 2.05) is 0 Å². The zero-order valence-corrected chi connectivity index (χ0v) is 18.3. The molecule has 0 aromatic carbocycles. The molecule has 4 rings (SSSR count). The quantitative estimate of drug-likeness (QED) is 0.531. The molecule has 3 heterocycles. The van der Waals surface area contributed by atoms with Crippen LogP contribution >= 0.6 is 0 Å². The molecule has 0 unspecified atom stereocenters. The Morgan fingerprint density at radius 1 is 0.861 bits per heavy atom. The van der Waals surface area contributed by atoms with Gasteiger partial charge in [-0.05, 0) is 18.9 Å². The van der Waals surface area contributed by atoms with Gasteiger partial charge in [0.2, 0.25) is 17.8 Å². The molecule has 0 atom stereocenters. The van der Waals surface area contributed by atoms with Crippen LogP contribution in [0.1, 0.15) is 37.8 Å². The number of rotatable bonds is 5. The maximum absolute atomic E-state index is 13.5. The standard InChI is InChI=1S/C20H18F8N8/c21-18(22)4-1-10(2-5-18)31-16-34-15(12-8-29-9-14(33-12)20(26,27)28)35-17(36-16)32-11-3-6-30-13(7-11)19(23,24)25/h7-10H,1-6H2,(H2,31,32,34,35,36). The van der Waals surface area contributed by atoms with Crippen LogP contribution in [0.5, 0.6) is 0 Å². The van der Waals surface area contributed by atoms with Crippen LogP contribution in [-0.4, -0.2) is 55.3 Å². The highest BCUT2D eigenvalue weighted by molar-refractivity contribution is 6.00. The van der Waals surface area contributed by atoms with Crippen molar-refractivity contribution in [2.24, 2.45) is 4.99 Å². The molecule has 2 aliphatic rings. The number of hydrogen-bond acceptors (Lipinski definition) is 8. The lowest BCUT2D eigenvalue weighted by Gasteiger charge is -2.28. The van der Waals surface area contributed by atoms with Crippen molar-refractivity contribution in [3.63, 3.8) is 0 Å². The van der Waals surface area contributed by atoms with E-state index in [9.17, 15) is 35.1 Å². The highest BCUT2D eigenvalue weighted by Crippen LogP contribution is 2.34. The van der Waals surface area contributed by atoms with Gasteiger partial charge in [-0.15, -0.1) is 0 Å². The summed E-state index contributed by atoms with van der Waals surface area (Å²) in [5, 5.41) is 5.47. The van der Waals surface area contributed by atoms with Crippen molar-refractivity contribution in [2.75, 3.05) is 17.2 Å². The number of hydrogen-bond donors (Lipinski definition) is 2. The summed E-state index contributed by atoms with van der Waals surface area (Å²) in [6, 6.07) is -0.460. The number of halogens is 8. The molecule has 2 N–H and O–H groups in total. The third-order valence-electron chi connectivity index (χ3n) is 5.38. The van der Waals surface area contributed by atoms with Gasteiger partial charge in [0.15, 0.2) is 11.5 Å². The van der Waals surface area contributed by atoms with Crippen molar-refractivity contribution in [3.8, 4) is 11.5 Å². The van der Waals surface area contributed by atoms with Gasteiger partial charge >= 0.3 is 12.4 Å². The zero-order valence-electron chi connectivity index (χ0n) is 18.3. The molecule has 0 radical (unpaired) electrons. The number of nitrogens with zero attached hydrogens (tertiary/aromatic N) is 6. The number of dihydropyridines is 1. The topological polar surface area (TPSA) is 101 Å². The first-order valence-corrected chi connectivity index (χ1v) is 10.7. The average Bonchev–Trinajstić information content (AvgIpc) is 2.79. The summed E-state index contributed by atoms with van der Waals surface area (Å²) in [5.74, 6) is -3.60. The minimum Gasteiger partial charge on any atom is -0.351 e. The molecule has 1 aliphatic heterocycles. The van der Waals surface area contributed by atoms with Crippen LogP contribution in [0.4, 0.5) is 47.0 Å². The number of aliphatic imine (C=N–C) groups is 1. The minimum absolute atomic E-state index is 0.0628. The molecule has 1 saturated carbocycles. The van der Waals surface area contributed by atoms with E-state index in [1.165, 1.54) is 0 Å². The SMILES string of the molecule is FC1(F)CCC(Nc2nc(NC3=CC(C(F)(F)F)=NCC3)nc(-c3cncc(C(F)(F)F)n3)n2)CC1. The number of alkyl halides is 8. The molecule has 1 aliphatic carbocycles. The predicted molar refractivity (Wildman–Crippen MR) is 111 cm³/mol. The molecule has 0 spiro atoms. The van der Waals surface area contributed by atoms with E-state index in [0.717, 1.165) is 12.3 Å². The molecule has 1 fully saturated rings. The first kappa shape index (κ1) is 25.6. The normalized spacial score (nSPS) is 18.9. The van der Waals surface area contributed by atoms with Gasteiger partial charge in [-0.3, -0.25) is 9.98 Å². The molecule has 16 heteroatoms. The van der Waals surface area contributed by atoms with E-state index < -0.39 is 35.7 Å². The summed E-state index contributed by atoms with van der Waals surface area (Å²) in [6.45, 7) is -0.161. The second kappa shape index (κ2) is 9.54. The van der Waals surface area contributed by atoms with Gasteiger partial charge in [-0.2, -0.15) is 41.3 Å². The Hall–Kier alpha value is -3.46. The highest BCUT2D eigenvalue weighted by Gasteiger charge is 2.37. The Labute approximate surface area is 198 Å². The second-order valence-electron chi connectivity index (χ2n) is 8.18. The van der Waals surface area contributed by atoms with Crippen molar-refractivity contribution in [1.29, 1.82) is 0 Å². The Bertz CT molecular complexity index is 1170. The lowest BCUT2D eigenvalue weighted by atomic mass is 9.92. The second-order valence-corrected chi connectivity index (χ2v) is 8.18. The van der Waals surface area contributed by atoms with E-state index in [1.54, 1.807) is 0 Å². The largest absolute Gasteiger partial charge is 0.434 e. The molecule has 36 heavy (non-hydrogen) atoms. The van der Waals surface area contributed by atoms with Gasteiger partial charge < -0.3 is 10.6 Å². The fraction of sp³-hybridized carbons (Fsp3) is 0.500. The Morgan fingerprint density at radius 3 is 2.22 bits per heavy atom. The number of aromatic nitrogens is 5. The van der Waals surface area contributed by atoms with Crippen LogP contribution in [0.2, 0.25) is 0 Å². The molecule has 194 valence electrons. The first-order chi connectivity index (χ1) is 16.8. The molecule has 2 aromatic rings. The first-order valence-electron chi connectivity index (χ1n) is 10.7. The Kier molecular flexibility index (Phi) is 6.79. The maximum atomic E-state index is 13.5. The van der Waals surface area contributed by atoms with Crippen molar-refractivity contribution < 1.29 is 35.1 Å². The van der Waals surface area contributed by atoms with Gasteiger partial charge in [0.05, 0.1) is 12.4 Å². The van der Waals surface area contributed by atoms with Gasteiger partial charge in [-0.25, -0.2) is 13.8 Å². The van der Waals surface area contributed by atoms with Crippen molar-refractivity contribution in [2.45, 2.75) is 56.4 Å². The summed E-state index contributed by atoms with van der Waals surface area (Å²) >= 11 is 0. The molecule has 0 amide bonds. The minimum atomic E-state index is -4.80. The summed E-state index contributed by atoms with van der Waals surface area (Å²) in [4.78, 5) is 22.5. The van der Waals surface area contributed by atoms with Gasteiger partial charge in [0.25, 0.3) is 0 Å². The predicted octanol–water partition coefficient (Wildman–Crippen LogP) is 5.04. The van der Waals surface area contributed by atoms with Crippen LogP contribution in [0.25, 0.3) is 11.5 Å². The number of anilines is 2.